The first-order valence-corrected chi connectivity index (χ1v) is 4.12. The summed E-state index contributed by atoms with van der Waals surface area (Å²) in [5.74, 6) is 0.0574. The predicted molar refractivity (Wildman–Crippen MR) is 50.8 cm³/mol. The molecule has 0 aliphatic heterocycles. The fourth-order valence-electron chi connectivity index (χ4n) is 0.854. The SMILES string of the molecule is CNc1ncc([N+](=O)[O-])c(OCCO)n1. The molecule has 0 aromatic carbocycles. The lowest BCUT2D eigenvalue weighted by Crippen LogP contribution is -2.07. The first kappa shape index (κ1) is 11.1. The molecule has 8 nitrogen and oxygen atoms in total. The molecule has 0 fully saturated rings. The molecule has 0 saturated heterocycles. The maximum atomic E-state index is 10.5. The number of aromatic nitrogens is 2. The Labute approximate surface area is 85.1 Å². The van der Waals surface area contributed by atoms with Crippen LogP contribution in [0.5, 0.6) is 5.88 Å². The van der Waals surface area contributed by atoms with E-state index >= 15 is 0 Å². The summed E-state index contributed by atoms with van der Waals surface area (Å²) < 4.78 is 4.91. The molecule has 0 aliphatic carbocycles. The summed E-state index contributed by atoms with van der Waals surface area (Å²) in [6.07, 6.45) is 1.05. The monoisotopic (exact) mass is 214 g/mol. The van der Waals surface area contributed by atoms with Crippen LogP contribution in [0.15, 0.2) is 6.20 Å². The first-order chi connectivity index (χ1) is 7.19. The molecular formula is C7H10N4O4. The molecular weight excluding hydrogens is 204 g/mol. The van der Waals surface area contributed by atoms with Gasteiger partial charge in [-0.15, -0.1) is 0 Å². The van der Waals surface area contributed by atoms with Gasteiger partial charge >= 0.3 is 5.69 Å². The summed E-state index contributed by atoms with van der Waals surface area (Å²) in [5.41, 5.74) is -0.331. The zero-order valence-corrected chi connectivity index (χ0v) is 8.01. The van der Waals surface area contributed by atoms with Gasteiger partial charge in [0.1, 0.15) is 12.8 Å². The Hall–Kier alpha value is -1.96. The van der Waals surface area contributed by atoms with E-state index in [1.165, 1.54) is 0 Å². The molecule has 0 aliphatic rings. The van der Waals surface area contributed by atoms with Crippen molar-refractivity contribution >= 4 is 11.6 Å². The van der Waals surface area contributed by atoms with Gasteiger partial charge in [-0.1, -0.05) is 0 Å². The van der Waals surface area contributed by atoms with Crippen molar-refractivity contribution in [1.29, 1.82) is 0 Å². The fraction of sp³-hybridized carbons (Fsp3) is 0.429. The lowest BCUT2D eigenvalue weighted by molar-refractivity contribution is -0.386. The Bertz CT molecular complexity index is 357. The van der Waals surface area contributed by atoms with Crippen LogP contribution in [0.25, 0.3) is 0 Å². The Morgan fingerprint density at radius 3 is 3.00 bits per heavy atom. The van der Waals surface area contributed by atoms with E-state index in [-0.39, 0.29) is 30.7 Å². The second-order valence-electron chi connectivity index (χ2n) is 2.46. The number of hydrogen-bond acceptors (Lipinski definition) is 7. The largest absolute Gasteiger partial charge is 0.470 e. The van der Waals surface area contributed by atoms with Crippen molar-refractivity contribution in [1.82, 2.24) is 9.97 Å². The maximum absolute atomic E-state index is 10.5. The first-order valence-electron chi connectivity index (χ1n) is 4.12. The molecule has 1 aromatic heterocycles. The third-order valence-electron chi connectivity index (χ3n) is 1.49. The zero-order chi connectivity index (χ0) is 11.3. The quantitative estimate of drug-likeness (QED) is 0.515. The highest BCUT2D eigenvalue weighted by molar-refractivity contribution is 5.42. The van der Waals surface area contributed by atoms with E-state index in [2.05, 4.69) is 15.3 Å². The van der Waals surface area contributed by atoms with Gasteiger partial charge in [0.25, 0.3) is 5.88 Å². The molecule has 1 heterocycles. The van der Waals surface area contributed by atoms with Gasteiger partial charge in [0.2, 0.25) is 5.95 Å². The molecule has 0 unspecified atom stereocenters. The highest BCUT2D eigenvalue weighted by Gasteiger charge is 2.18. The molecule has 0 saturated carbocycles. The molecule has 0 radical (unpaired) electrons. The van der Waals surface area contributed by atoms with Gasteiger partial charge in [0.15, 0.2) is 0 Å². The minimum atomic E-state index is -0.647. The van der Waals surface area contributed by atoms with Gasteiger partial charge < -0.3 is 15.2 Å². The molecule has 1 aromatic rings. The molecule has 15 heavy (non-hydrogen) atoms. The molecule has 2 N–H and O–H groups in total. The van der Waals surface area contributed by atoms with E-state index in [1.54, 1.807) is 7.05 Å². The van der Waals surface area contributed by atoms with Gasteiger partial charge in [0.05, 0.1) is 11.5 Å². The minimum Gasteiger partial charge on any atom is -0.470 e. The Morgan fingerprint density at radius 1 is 1.73 bits per heavy atom. The number of aliphatic hydroxyl groups is 1. The van der Waals surface area contributed by atoms with E-state index in [1.807, 2.05) is 0 Å². The van der Waals surface area contributed by atoms with Crippen LogP contribution in [0.1, 0.15) is 0 Å². The number of rotatable bonds is 5. The summed E-state index contributed by atoms with van der Waals surface area (Å²) >= 11 is 0. The van der Waals surface area contributed by atoms with Gasteiger partial charge in [0, 0.05) is 7.05 Å². The topological polar surface area (TPSA) is 110 Å². The van der Waals surface area contributed by atoms with Crippen LogP contribution < -0.4 is 10.1 Å². The number of nitro groups is 1. The average Bonchev–Trinajstić information content (AvgIpc) is 2.25. The van der Waals surface area contributed by atoms with Crippen LogP contribution in [-0.4, -0.2) is 40.3 Å². The summed E-state index contributed by atoms with van der Waals surface area (Å²) in [6.45, 7) is -0.295. The number of nitrogens with zero attached hydrogens (tertiary/aromatic N) is 3. The van der Waals surface area contributed by atoms with Gasteiger partial charge in [-0.2, -0.15) is 4.98 Å². The smallest absolute Gasteiger partial charge is 0.349 e. The molecule has 0 amide bonds. The molecule has 8 heteroatoms. The average molecular weight is 214 g/mol. The fourth-order valence-corrected chi connectivity index (χ4v) is 0.854. The van der Waals surface area contributed by atoms with Crippen LogP contribution in [0.4, 0.5) is 11.6 Å². The van der Waals surface area contributed by atoms with E-state index in [0.717, 1.165) is 6.20 Å². The van der Waals surface area contributed by atoms with Crippen molar-refractivity contribution in [3.63, 3.8) is 0 Å². The van der Waals surface area contributed by atoms with Gasteiger partial charge in [-0.3, -0.25) is 10.1 Å². The Kier molecular flexibility index (Phi) is 3.75. The van der Waals surface area contributed by atoms with E-state index in [4.69, 9.17) is 9.84 Å². The number of hydrogen-bond donors (Lipinski definition) is 2. The van der Waals surface area contributed by atoms with Crippen molar-refractivity contribution in [3.05, 3.63) is 16.3 Å². The minimum absolute atomic E-state index is 0.0546. The molecule has 82 valence electrons. The van der Waals surface area contributed by atoms with Crippen LogP contribution >= 0.6 is 0 Å². The van der Waals surface area contributed by atoms with Crippen molar-refractivity contribution in [2.75, 3.05) is 25.6 Å². The lowest BCUT2D eigenvalue weighted by atomic mass is 10.5. The second-order valence-corrected chi connectivity index (χ2v) is 2.46. The van der Waals surface area contributed by atoms with E-state index in [0.29, 0.717) is 0 Å². The molecule has 0 spiro atoms. The third-order valence-corrected chi connectivity index (χ3v) is 1.49. The highest BCUT2D eigenvalue weighted by Crippen LogP contribution is 2.23. The predicted octanol–water partition coefficient (Wildman–Crippen LogP) is -0.202. The van der Waals surface area contributed by atoms with Gasteiger partial charge in [-0.25, -0.2) is 4.98 Å². The van der Waals surface area contributed by atoms with E-state index < -0.39 is 4.92 Å². The molecule has 1 rings (SSSR count). The van der Waals surface area contributed by atoms with E-state index in [9.17, 15) is 10.1 Å². The number of aliphatic hydroxyl groups excluding tert-OH is 1. The summed E-state index contributed by atoms with van der Waals surface area (Å²) in [6, 6.07) is 0. The summed E-state index contributed by atoms with van der Waals surface area (Å²) in [7, 11) is 1.58. The summed E-state index contributed by atoms with van der Waals surface area (Å²) in [5, 5.41) is 21.7. The maximum Gasteiger partial charge on any atom is 0.349 e. The molecule has 0 atom stereocenters. The number of anilines is 1. The van der Waals surface area contributed by atoms with Crippen LogP contribution in [0.2, 0.25) is 0 Å². The van der Waals surface area contributed by atoms with Crippen molar-refractivity contribution in [2.45, 2.75) is 0 Å². The third kappa shape index (κ3) is 2.74. The Balaban J connectivity index is 2.99. The Morgan fingerprint density at radius 2 is 2.47 bits per heavy atom. The lowest BCUT2D eigenvalue weighted by Gasteiger charge is -2.04. The normalized spacial score (nSPS) is 9.73. The van der Waals surface area contributed by atoms with Gasteiger partial charge in [-0.05, 0) is 0 Å². The van der Waals surface area contributed by atoms with Crippen LogP contribution in [-0.2, 0) is 0 Å². The van der Waals surface area contributed by atoms with Crippen molar-refractivity contribution < 1.29 is 14.8 Å². The summed E-state index contributed by atoms with van der Waals surface area (Å²) in [4.78, 5) is 17.3. The van der Waals surface area contributed by atoms with Crippen LogP contribution in [0, 0.1) is 10.1 Å². The standard InChI is InChI=1S/C7H10N4O4/c1-8-7-9-4-5(11(13)14)6(10-7)15-3-2-12/h4,12H,2-3H2,1H3,(H,8,9,10). The molecule has 0 bridgehead atoms. The second kappa shape index (κ2) is 5.05. The number of ether oxygens (including phenoxy) is 1. The van der Waals surface area contributed by atoms with Crippen LogP contribution in [0.3, 0.4) is 0 Å². The highest BCUT2D eigenvalue weighted by atomic mass is 16.6. The van der Waals surface area contributed by atoms with Crippen molar-refractivity contribution in [3.8, 4) is 5.88 Å². The zero-order valence-electron chi connectivity index (χ0n) is 8.01. The number of nitrogens with one attached hydrogen (secondary N) is 1. The van der Waals surface area contributed by atoms with Crippen molar-refractivity contribution in [2.24, 2.45) is 0 Å².